The van der Waals surface area contributed by atoms with E-state index in [1.165, 1.54) is 18.7 Å². The summed E-state index contributed by atoms with van der Waals surface area (Å²) in [7, 11) is 3.30. The molecule has 0 heterocycles. The van der Waals surface area contributed by atoms with Crippen LogP contribution in [0.5, 0.6) is 0 Å². The number of nitrogens with zero attached hydrogens (tertiary/aromatic N) is 2. The molecule has 0 bridgehead atoms. The van der Waals surface area contributed by atoms with Crippen molar-refractivity contribution >= 4 is 12.0 Å². The van der Waals surface area contributed by atoms with Crippen molar-refractivity contribution in [1.82, 2.24) is 9.80 Å². The molecule has 0 unspecified atom stereocenters. The summed E-state index contributed by atoms with van der Waals surface area (Å²) in [6.07, 6.45) is 4.33. The Morgan fingerprint density at radius 1 is 1.18 bits per heavy atom. The Kier molecular flexibility index (Phi) is 4.01. The topological polar surface area (TPSA) is 60.9 Å². The minimum Gasteiger partial charge on any atom is -0.480 e. The maximum Gasteiger partial charge on any atom is 0.329 e. The van der Waals surface area contributed by atoms with Gasteiger partial charge in [-0.05, 0) is 26.7 Å². The molecule has 1 aliphatic carbocycles. The van der Waals surface area contributed by atoms with E-state index in [2.05, 4.69) is 0 Å². The Balaban J connectivity index is 2.71. The number of likely N-dealkylation sites (N-methyl/N-ethyl adjacent to an activating group) is 1. The average molecular weight is 242 g/mol. The summed E-state index contributed by atoms with van der Waals surface area (Å²) in [5.41, 5.74) is -1.18. The van der Waals surface area contributed by atoms with Crippen LogP contribution in [0, 0.1) is 0 Å². The average Bonchev–Trinajstić information content (AvgIpc) is 2.79. The van der Waals surface area contributed by atoms with Gasteiger partial charge in [0.15, 0.2) is 0 Å². The lowest BCUT2D eigenvalue weighted by molar-refractivity contribution is -0.147. The van der Waals surface area contributed by atoms with Crippen LogP contribution in [0.2, 0.25) is 0 Å². The Labute approximate surface area is 102 Å². The molecule has 1 rings (SSSR count). The Hall–Kier alpha value is -1.26. The third kappa shape index (κ3) is 2.70. The molecule has 0 radical (unpaired) electrons. The van der Waals surface area contributed by atoms with Gasteiger partial charge in [0.2, 0.25) is 0 Å². The lowest BCUT2D eigenvalue weighted by atomic mass is 10.0. The Bertz CT molecular complexity index is 309. The molecule has 0 saturated heterocycles. The van der Waals surface area contributed by atoms with E-state index >= 15 is 0 Å². The van der Waals surface area contributed by atoms with E-state index in [1.807, 2.05) is 0 Å². The first-order chi connectivity index (χ1) is 7.78. The number of rotatable bonds is 3. The third-order valence-electron chi connectivity index (χ3n) is 3.82. The Morgan fingerprint density at radius 3 is 2.06 bits per heavy atom. The lowest BCUT2D eigenvalue weighted by Crippen LogP contribution is -2.55. The summed E-state index contributed by atoms with van der Waals surface area (Å²) < 4.78 is 0. The van der Waals surface area contributed by atoms with Crippen LogP contribution in [-0.2, 0) is 4.79 Å². The summed E-state index contributed by atoms with van der Waals surface area (Å²) in [6, 6.07) is 0.0406. The number of carboxylic acid groups (broad SMARTS) is 1. The fraction of sp³-hybridized carbons (Fsp3) is 0.833. The first-order valence-corrected chi connectivity index (χ1v) is 6.02. The van der Waals surface area contributed by atoms with Gasteiger partial charge in [-0.15, -0.1) is 0 Å². The smallest absolute Gasteiger partial charge is 0.329 e. The van der Waals surface area contributed by atoms with Gasteiger partial charge in [-0.2, -0.15) is 0 Å². The van der Waals surface area contributed by atoms with Crippen LogP contribution in [0.25, 0.3) is 0 Å². The molecule has 1 fully saturated rings. The van der Waals surface area contributed by atoms with Crippen molar-refractivity contribution in [3.8, 4) is 0 Å². The predicted octanol–water partition coefficient (Wildman–Crippen LogP) is 1.78. The summed E-state index contributed by atoms with van der Waals surface area (Å²) in [5.74, 6) is -0.992. The highest BCUT2D eigenvalue weighted by Gasteiger charge is 2.38. The molecule has 0 spiro atoms. The summed E-state index contributed by atoms with van der Waals surface area (Å²) in [6.45, 7) is 3.07. The van der Waals surface area contributed by atoms with E-state index in [9.17, 15) is 9.59 Å². The first kappa shape index (κ1) is 13.8. The van der Waals surface area contributed by atoms with Gasteiger partial charge in [0.25, 0.3) is 0 Å². The van der Waals surface area contributed by atoms with E-state index in [-0.39, 0.29) is 12.1 Å². The molecule has 0 aromatic heterocycles. The maximum absolute atomic E-state index is 12.2. The van der Waals surface area contributed by atoms with Crippen molar-refractivity contribution in [2.75, 3.05) is 14.1 Å². The predicted molar refractivity (Wildman–Crippen MR) is 64.9 cm³/mol. The highest BCUT2D eigenvalue weighted by Crippen LogP contribution is 2.24. The van der Waals surface area contributed by atoms with Gasteiger partial charge in [0.1, 0.15) is 5.54 Å². The first-order valence-electron chi connectivity index (χ1n) is 6.02. The van der Waals surface area contributed by atoms with Crippen LogP contribution in [0.1, 0.15) is 39.5 Å². The van der Waals surface area contributed by atoms with E-state index in [0.717, 1.165) is 25.7 Å². The molecule has 1 aliphatic rings. The molecule has 5 heteroatoms. The number of aliphatic carboxylic acids is 1. The molecule has 1 N–H and O–H groups in total. The van der Waals surface area contributed by atoms with E-state index in [0.29, 0.717) is 0 Å². The summed E-state index contributed by atoms with van der Waals surface area (Å²) in [5, 5.41) is 9.10. The molecule has 1 saturated carbocycles. The molecular weight excluding hydrogens is 220 g/mol. The monoisotopic (exact) mass is 242 g/mol. The second-order valence-corrected chi connectivity index (χ2v) is 5.25. The molecule has 5 nitrogen and oxygen atoms in total. The number of urea groups is 1. The van der Waals surface area contributed by atoms with Crippen LogP contribution in [0.4, 0.5) is 4.79 Å². The van der Waals surface area contributed by atoms with E-state index < -0.39 is 11.5 Å². The molecule has 2 amide bonds. The number of hydrogen-bond donors (Lipinski definition) is 1. The van der Waals surface area contributed by atoms with Crippen molar-refractivity contribution in [3.05, 3.63) is 0 Å². The second-order valence-electron chi connectivity index (χ2n) is 5.25. The zero-order chi connectivity index (χ0) is 13.2. The van der Waals surface area contributed by atoms with Gasteiger partial charge in [0, 0.05) is 20.1 Å². The van der Waals surface area contributed by atoms with Gasteiger partial charge in [-0.1, -0.05) is 12.8 Å². The molecular formula is C12H22N2O3. The normalized spacial score (nSPS) is 16.9. The van der Waals surface area contributed by atoms with Gasteiger partial charge < -0.3 is 14.9 Å². The lowest BCUT2D eigenvalue weighted by Gasteiger charge is -2.36. The van der Waals surface area contributed by atoms with Crippen molar-refractivity contribution in [2.24, 2.45) is 0 Å². The highest BCUT2D eigenvalue weighted by atomic mass is 16.4. The molecule has 0 aromatic carbocycles. The minimum atomic E-state index is -1.18. The van der Waals surface area contributed by atoms with Crippen molar-refractivity contribution < 1.29 is 14.7 Å². The van der Waals surface area contributed by atoms with Crippen LogP contribution in [0.3, 0.4) is 0 Å². The van der Waals surface area contributed by atoms with E-state index in [1.54, 1.807) is 19.0 Å². The van der Waals surface area contributed by atoms with E-state index in [4.69, 9.17) is 5.11 Å². The standard InChI is InChI=1S/C12H22N2O3/c1-12(2,10(15)16)14(4)11(17)13(3)9-7-5-6-8-9/h9H,5-8H2,1-4H3,(H,15,16). The van der Waals surface area contributed by atoms with Gasteiger partial charge in [-0.25, -0.2) is 9.59 Å². The Morgan fingerprint density at radius 2 is 1.65 bits per heavy atom. The fourth-order valence-electron chi connectivity index (χ4n) is 2.07. The van der Waals surface area contributed by atoms with Crippen molar-refractivity contribution in [1.29, 1.82) is 0 Å². The molecule has 0 atom stereocenters. The van der Waals surface area contributed by atoms with Gasteiger partial charge >= 0.3 is 12.0 Å². The highest BCUT2D eigenvalue weighted by molar-refractivity contribution is 5.85. The number of hydrogen-bond acceptors (Lipinski definition) is 2. The largest absolute Gasteiger partial charge is 0.480 e. The molecule has 17 heavy (non-hydrogen) atoms. The van der Waals surface area contributed by atoms with Crippen molar-refractivity contribution in [2.45, 2.75) is 51.1 Å². The number of carbonyl (C=O) groups is 2. The zero-order valence-corrected chi connectivity index (χ0v) is 11.1. The van der Waals surface area contributed by atoms with Crippen LogP contribution in [-0.4, -0.2) is 52.6 Å². The number of amides is 2. The minimum absolute atomic E-state index is 0.218. The number of carbonyl (C=O) groups excluding carboxylic acids is 1. The summed E-state index contributed by atoms with van der Waals surface area (Å²) in [4.78, 5) is 26.2. The van der Waals surface area contributed by atoms with Crippen LogP contribution >= 0.6 is 0 Å². The second kappa shape index (κ2) is 4.94. The summed E-state index contributed by atoms with van der Waals surface area (Å²) >= 11 is 0. The molecule has 0 aromatic rings. The molecule has 0 aliphatic heterocycles. The third-order valence-corrected chi connectivity index (χ3v) is 3.82. The zero-order valence-electron chi connectivity index (χ0n) is 11.1. The SMILES string of the molecule is CN(C(=O)N(C)C(C)(C)C(=O)O)C1CCCC1. The molecule has 98 valence electrons. The quantitative estimate of drug-likeness (QED) is 0.820. The van der Waals surface area contributed by atoms with Crippen molar-refractivity contribution in [3.63, 3.8) is 0 Å². The van der Waals surface area contributed by atoms with Crippen LogP contribution < -0.4 is 0 Å². The number of carboxylic acids is 1. The van der Waals surface area contributed by atoms with Gasteiger partial charge in [-0.3, -0.25) is 0 Å². The van der Waals surface area contributed by atoms with Crippen LogP contribution in [0.15, 0.2) is 0 Å². The van der Waals surface area contributed by atoms with Gasteiger partial charge in [0.05, 0.1) is 0 Å². The fourth-order valence-corrected chi connectivity index (χ4v) is 2.07. The maximum atomic E-state index is 12.2.